The summed E-state index contributed by atoms with van der Waals surface area (Å²) in [6, 6.07) is 4.51. The van der Waals surface area contributed by atoms with Crippen LogP contribution in [0.25, 0.3) is 0 Å². The maximum absolute atomic E-state index is 12.5. The van der Waals surface area contributed by atoms with E-state index in [1.165, 1.54) is 35.7 Å². The van der Waals surface area contributed by atoms with Gasteiger partial charge in [-0.25, -0.2) is 12.7 Å². The van der Waals surface area contributed by atoms with Crippen molar-refractivity contribution in [2.24, 2.45) is 5.92 Å². The lowest BCUT2D eigenvalue weighted by Gasteiger charge is -2.27. The molecule has 0 saturated heterocycles. The Labute approximate surface area is 126 Å². The number of hydrogen-bond donors (Lipinski definition) is 1. The van der Waals surface area contributed by atoms with Gasteiger partial charge in [0, 0.05) is 18.6 Å². The molecule has 0 unspecified atom stereocenters. The number of nitrogen functional groups attached to an aromatic ring is 1. The predicted octanol–water partition coefficient (Wildman–Crippen LogP) is 3.12. The highest BCUT2D eigenvalue weighted by atomic mass is 35.5. The number of rotatable bonds is 4. The minimum Gasteiger partial charge on any atom is -0.398 e. The van der Waals surface area contributed by atoms with Crippen LogP contribution in [0.5, 0.6) is 0 Å². The second kappa shape index (κ2) is 6.33. The summed E-state index contributed by atoms with van der Waals surface area (Å²) in [5.41, 5.74) is 5.99. The molecule has 0 spiro atoms. The lowest BCUT2D eigenvalue weighted by Crippen LogP contribution is -2.33. The molecule has 0 aliphatic heterocycles. The SMILES string of the molecule is CN(CC1CCCCC1)S(=O)(=O)c1ccc(Cl)cc1N. The molecular weight excluding hydrogens is 296 g/mol. The number of anilines is 1. The van der Waals surface area contributed by atoms with Crippen molar-refractivity contribution in [1.82, 2.24) is 4.31 Å². The molecule has 1 saturated carbocycles. The van der Waals surface area contributed by atoms with E-state index in [0.29, 0.717) is 17.5 Å². The molecule has 1 aliphatic carbocycles. The van der Waals surface area contributed by atoms with Crippen molar-refractivity contribution >= 4 is 27.3 Å². The van der Waals surface area contributed by atoms with Crippen LogP contribution in [0.15, 0.2) is 23.1 Å². The molecule has 20 heavy (non-hydrogen) atoms. The third-order valence-corrected chi connectivity index (χ3v) is 6.03. The summed E-state index contributed by atoms with van der Waals surface area (Å²) in [6.45, 7) is 0.560. The van der Waals surface area contributed by atoms with Gasteiger partial charge in [-0.05, 0) is 37.0 Å². The van der Waals surface area contributed by atoms with Crippen LogP contribution in [0.3, 0.4) is 0 Å². The molecule has 0 aromatic heterocycles. The fourth-order valence-electron chi connectivity index (χ4n) is 2.75. The molecule has 1 aliphatic rings. The highest BCUT2D eigenvalue weighted by Gasteiger charge is 2.26. The van der Waals surface area contributed by atoms with Gasteiger partial charge in [0.2, 0.25) is 10.0 Å². The summed E-state index contributed by atoms with van der Waals surface area (Å²) in [5, 5.41) is 0.441. The Morgan fingerprint density at radius 3 is 2.55 bits per heavy atom. The molecule has 0 atom stereocenters. The Kier molecular flexibility index (Phi) is 4.94. The summed E-state index contributed by atoms with van der Waals surface area (Å²) in [5.74, 6) is 0.456. The van der Waals surface area contributed by atoms with Gasteiger partial charge in [0.1, 0.15) is 4.90 Å². The van der Waals surface area contributed by atoms with E-state index in [4.69, 9.17) is 17.3 Å². The van der Waals surface area contributed by atoms with Crippen LogP contribution in [-0.2, 0) is 10.0 Å². The average molecular weight is 317 g/mol. The van der Waals surface area contributed by atoms with Crippen LogP contribution >= 0.6 is 11.6 Å². The van der Waals surface area contributed by atoms with E-state index in [-0.39, 0.29) is 10.6 Å². The van der Waals surface area contributed by atoms with Gasteiger partial charge >= 0.3 is 0 Å². The molecule has 1 aromatic carbocycles. The Bertz CT molecular complexity index is 569. The fraction of sp³-hybridized carbons (Fsp3) is 0.571. The third-order valence-electron chi connectivity index (χ3n) is 3.90. The molecule has 0 radical (unpaired) electrons. The van der Waals surface area contributed by atoms with Crippen molar-refractivity contribution in [2.45, 2.75) is 37.0 Å². The molecule has 1 aromatic rings. The van der Waals surface area contributed by atoms with Crippen molar-refractivity contribution in [3.05, 3.63) is 23.2 Å². The maximum Gasteiger partial charge on any atom is 0.244 e. The largest absolute Gasteiger partial charge is 0.398 e. The van der Waals surface area contributed by atoms with Gasteiger partial charge in [-0.1, -0.05) is 30.9 Å². The van der Waals surface area contributed by atoms with Gasteiger partial charge in [-0.15, -0.1) is 0 Å². The van der Waals surface area contributed by atoms with Crippen molar-refractivity contribution in [3.8, 4) is 0 Å². The summed E-state index contributed by atoms with van der Waals surface area (Å²) in [6.07, 6.45) is 5.87. The maximum atomic E-state index is 12.5. The van der Waals surface area contributed by atoms with E-state index in [1.807, 2.05) is 0 Å². The molecule has 0 amide bonds. The van der Waals surface area contributed by atoms with Gasteiger partial charge in [-0.2, -0.15) is 0 Å². The minimum atomic E-state index is -3.54. The summed E-state index contributed by atoms with van der Waals surface area (Å²) in [7, 11) is -1.91. The highest BCUT2D eigenvalue weighted by molar-refractivity contribution is 7.89. The predicted molar refractivity (Wildman–Crippen MR) is 82.3 cm³/mol. The normalized spacial score (nSPS) is 17.6. The van der Waals surface area contributed by atoms with Gasteiger partial charge < -0.3 is 5.73 Å². The van der Waals surface area contributed by atoms with Crippen LogP contribution < -0.4 is 5.73 Å². The molecule has 2 rings (SSSR count). The topological polar surface area (TPSA) is 63.4 Å². The smallest absolute Gasteiger partial charge is 0.244 e. The zero-order valence-corrected chi connectivity index (χ0v) is 13.3. The molecule has 0 bridgehead atoms. The van der Waals surface area contributed by atoms with E-state index in [1.54, 1.807) is 13.1 Å². The Hall–Kier alpha value is -0.780. The number of nitrogens with two attached hydrogens (primary N) is 1. The molecule has 1 fully saturated rings. The van der Waals surface area contributed by atoms with Crippen molar-refractivity contribution in [2.75, 3.05) is 19.3 Å². The van der Waals surface area contributed by atoms with Crippen LogP contribution in [0.4, 0.5) is 5.69 Å². The Morgan fingerprint density at radius 1 is 1.30 bits per heavy atom. The van der Waals surface area contributed by atoms with Crippen molar-refractivity contribution in [1.29, 1.82) is 0 Å². The fourth-order valence-corrected chi connectivity index (χ4v) is 4.27. The first-order chi connectivity index (χ1) is 9.41. The monoisotopic (exact) mass is 316 g/mol. The first-order valence-corrected chi connectivity index (χ1v) is 8.74. The molecular formula is C14H21ClN2O2S. The minimum absolute atomic E-state index is 0.139. The van der Waals surface area contributed by atoms with E-state index < -0.39 is 10.0 Å². The number of benzene rings is 1. The number of halogens is 1. The van der Waals surface area contributed by atoms with Gasteiger partial charge in [0.05, 0.1) is 5.69 Å². The second-order valence-electron chi connectivity index (χ2n) is 5.47. The first-order valence-electron chi connectivity index (χ1n) is 6.92. The van der Waals surface area contributed by atoms with Crippen molar-refractivity contribution < 1.29 is 8.42 Å². The molecule has 2 N–H and O–H groups in total. The zero-order valence-electron chi connectivity index (χ0n) is 11.7. The van der Waals surface area contributed by atoms with E-state index >= 15 is 0 Å². The van der Waals surface area contributed by atoms with Crippen LogP contribution in [0.2, 0.25) is 5.02 Å². The number of sulfonamides is 1. The lowest BCUT2D eigenvalue weighted by molar-refractivity contribution is 0.300. The summed E-state index contributed by atoms with van der Waals surface area (Å²) < 4.78 is 26.5. The summed E-state index contributed by atoms with van der Waals surface area (Å²) >= 11 is 5.81. The zero-order chi connectivity index (χ0) is 14.8. The quantitative estimate of drug-likeness (QED) is 0.868. The molecule has 0 heterocycles. The molecule has 6 heteroatoms. The van der Waals surface area contributed by atoms with E-state index in [0.717, 1.165) is 12.8 Å². The summed E-state index contributed by atoms with van der Waals surface area (Å²) in [4.78, 5) is 0.139. The van der Waals surface area contributed by atoms with Crippen molar-refractivity contribution in [3.63, 3.8) is 0 Å². The number of hydrogen-bond acceptors (Lipinski definition) is 3. The van der Waals surface area contributed by atoms with Gasteiger partial charge in [0.15, 0.2) is 0 Å². The first kappa shape index (κ1) is 15.6. The van der Waals surface area contributed by atoms with Crippen LogP contribution in [0, 0.1) is 5.92 Å². The van der Waals surface area contributed by atoms with Crippen LogP contribution in [-0.4, -0.2) is 26.3 Å². The average Bonchev–Trinajstić information content (AvgIpc) is 2.39. The molecule has 112 valence electrons. The highest BCUT2D eigenvalue weighted by Crippen LogP contribution is 2.28. The Balaban J connectivity index is 2.16. The second-order valence-corrected chi connectivity index (χ2v) is 7.92. The third kappa shape index (κ3) is 3.45. The Morgan fingerprint density at radius 2 is 1.95 bits per heavy atom. The standard InChI is InChI=1S/C14H21ClN2O2S/c1-17(10-11-5-3-2-4-6-11)20(18,19)14-8-7-12(15)9-13(14)16/h7-9,11H,2-6,10,16H2,1H3. The van der Waals surface area contributed by atoms with Crippen LogP contribution in [0.1, 0.15) is 32.1 Å². The van der Waals surface area contributed by atoms with Gasteiger partial charge in [0.25, 0.3) is 0 Å². The van der Waals surface area contributed by atoms with E-state index in [2.05, 4.69) is 0 Å². The lowest BCUT2D eigenvalue weighted by atomic mass is 9.89. The van der Waals surface area contributed by atoms with E-state index in [9.17, 15) is 8.42 Å². The number of nitrogens with zero attached hydrogens (tertiary/aromatic N) is 1. The van der Waals surface area contributed by atoms with Gasteiger partial charge in [-0.3, -0.25) is 0 Å². The molecule has 4 nitrogen and oxygen atoms in total.